The van der Waals surface area contributed by atoms with Crippen molar-refractivity contribution in [1.29, 1.82) is 0 Å². The van der Waals surface area contributed by atoms with Crippen molar-refractivity contribution >= 4 is 0 Å². The Morgan fingerprint density at radius 1 is 1.06 bits per heavy atom. The molecule has 1 heterocycles. The maximum absolute atomic E-state index is 9.27. The molecule has 0 radical (unpaired) electrons. The number of aromatic nitrogens is 1. The van der Waals surface area contributed by atoms with Crippen molar-refractivity contribution in [3.8, 4) is 0 Å². The van der Waals surface area contributed by atoms with Crippen LogP contribution in [0.3, 0.4) is 0 Å². The van der Waals surface area contributed by atoms with Crippen LogP contribution < -0.4 is 0 Å². The van der Waals surface area contributed by atoms with Crippen LogP contribution >= 0.6 is 0 Å². The van der Waals surface area contributed by atoms with Crippen LogP contribution in [0.4, 0.5) is 0 Å². The molecule has 0 saturated heterocycles. The first kappa shape index (κ1) is 11.7. The molecule has 0 bridgehead atoms. The molecular formula is C15H17NO. The number of aliphatic hydroxyl groups excluding tert-OH is 1. The third kappa shape index (κ3) is 2.66. The Morgan fingerprint density at radius 3 is 2.41 bits per heavy atom. The standard InChI is InChI=1S/C15H17NO/c1-2-10-16-14(8-9-15(16)12-17)11-13-6-4-3-5-7-13/h2-9,17H,1,10-12H2. The van der Waals surface area contributed by atoms with Gasteiger partial charge in [0.15, 0.2) is 0 Å². The zero-order chi connectivity index (χ0) is 12.1. The summed E-state index contributed by atoms with van der Waals surface area (Å²) in [5.74, 6) is 0. The van der Waals surface area contributed by atoms with Gasteiger partial charge < -0.3 is 9.67 Å². The highest BCUT2D eigenvalue weighted by Crippen LogP contribution is 2.14. The Labute approximate surface area is 102 Å². The molecular weight excluding hydrogens is 210 g/mol. The summed E-state index contributed by atoms with van der Waals surface area (Å²) in [4.78, 5) is 0. The Balaban J connectivity index is 2.26. The van der Waals surface area contributed by atoms with E-state index < -0.39 is 0 Å². The molecule has 0 aliphatic heterocycles. The van der Waals surface area contributed by atoms with Crippen molar-refractivity contribution < 1.29 is 5.11 Å². The highest BCUT2D eigenvalue weighted by molar-refractivity contribution is 5.25. The summed E-state index contributed by atoms with van der Waals surface area (Å²) < 4.78 is 2.11. The summed E-state index contributed by atoms with van der Waals surface area (Å²) in [5, 5.41) is 9.27. The van der Waals surface area contributed by atoms with E-state index in [0.717, 1.165) is 18.7 Å². The molecule has 2 nitrogen and oxygen atoms in total. The fourth-order valence-electron chi connectivity index (χ4n) is 2.02. The fraction of sp³-hybridized carbons (Fsp3) is 0.200. The maximum Gasteiger partial charge on any atom is 0.0833 e. The fourth-order valence-corrected chi connectivity index (χ4v) is 2.02. The van der Waals surface area contributed by atoms with Crippen LogP contribution in [0.2, 0.25) is 0 Å². The van der Waals surface area contributed by atoms with Crippen LogP contribution in [0.25, 0.3) is 0 Å². The van der Waals surface area contributed by atoms with Gasteiger partial charge in [-0.2, -0.15) is 0 Å². The van der Waals surface area contributed by atoms with E-state index in [1.807, 2.05) is 30.3 Å². The van der Waals surface area contributed by atoms with Crippen molar-refractivity contribution in [1.82, 2.24) is 4.57 Å². The van der Waals surface area contributed by atoms with Crippen LogP contribution in [0, 0.1) is 0 Å². The molecule has 0 spiro atoms. The lowest BCUT2D eigenvalue weighted by Gasteiger charge is -2.10. The van der Waals surface area contributed by atoms with Crippen LogP contribution in [-0.4, -0.2) is 9.67 Å². The zero-order valence-corrected chi connectivity index (χ0v) is 9.84. The van der Waals surface area contributed by atoms with Crippen LogP contribution in [0.5, 0.6) is 0 Å². The molecule has 1 aromatic heterocycles. The first-order chi connectivity index (χ1) is 8.35. The average Bonchev–Trinajstić information content (AvgIpc) is 2.74. The molecule has 1 aromatic carbocycles. The van der Waals surface area contributed by atoms with Crippen molar-refractivity contribution in [3.63, 3.8) is 0 Å². The van der Waals surface area contributed by atoms with Gasteiger partial charge in [0.25, 0.3) is 0 Å². The second-order valence-corrected chi connectivity index (χ2v) is 4.04. The predicted octanol–water partition coefficient (Wildman–Crippen LogP) is 2.76. The van der Waals surface area contributed by atoms with E-state index in [2.05, 4.69) is 29.3 Å². The van der Waals surface area contributed by atoms with Gasteiger partial charge in [0.05, 0.1) is 6.61 Å². The first-order valence-corrected chi connectivity index (χ1v) is 5.78. The van der Waals surface area contributed by atoms with Gasteiger partial charge in [0.2, 0.25) is 0 Å². The third-order valence-corrected chi connectivity index (χ3v) is 2.86. The minimum absolute atomic E-state index is 0.0721. The SMILES string of the molecule is C=CCn1c(CO)ccc1Cc1ccccc1. The second kappa shape index (κ2) is 5.51. The number of hydrogen-bond donors (Lipinski definition) is 1. The average molecular weight is 227 g/mol. The highest BCUT2D eigenvalue weighted by atomic mass is 16.3. The highest BCUT2D eigenvalue weighted by Gasteiger charge is 2.06. The molecule has 17 heavy (non-hydrogen) atoms. The minimum atomic E-state index is 0.0721. The molecule has 0 saturated carbocycles. The molecule has 2 rings (SSSR count). The van der Waals surface area contributed by atoms with Crippen molar-refractivity contribution in [2.24, 2.45) is 0 Å². The van der Waals surface area contributed by atoms with Crippen LogP contribution in [0.1, 0.15) is 17.0 Å². The lowest BCUT2D eigenvalue weighted by atomic mass is 10.1. The molecule has 0 unspecified atom stereocenters. The van der Waals surface area contributed by atoms with Gasteiger partial charge >= 0.3 is 0 Å². The van der Waals surface area contributed by atoms with Crippen LogP contribution in [0.15, 0.2) is 55.1 Å². The van der Waals surface area contributed by atoms with E-state index in [1.54, 1.807) is 0 Å². The smallest absolute Gasteiger partial charge is 0.0833 e. The summed E-state index contributed by atoms with van der Waals surface area (Å²) >= 11 is 0. The number of rotatable bonds is 5. The molecule has 0 amide bonds. The predicted molar refractivity (Wildman–Crippen MR) is 69.8 cm³/mol. The van der Waals surface area contributed by atoms with Gasteiger partial charge in [-0.15, -0.1) is 6.58 Å². The van der Waals surface area contributed by atoms with E-state index >= 15 is 0 Å². The molecule has 0 aliphatic rings. The lowest BCUT2D eigenvalue weighted by molar-refractivity contribution is 0.271. The molecule has 0 aliphatic carbocycles. The molecule has 2 heteroatoms. The third-order valence-electron chi connectivity index (χ3n) is 2.86. The zero-order valence-electron chi connectivity index (χ0n) is 9.84. The number of hydrogen-bond acceptors (Lipinski definition) is 1. The molecule has 2 aromatic rings. The summed E-state index contributed by atoms with van der Waals surface area (Å²) in [6.45, 7) is 4.57. The van der Waals surface area contributed by atoms with E-state index in [9.17, 15) is 5.11 Å². The summed E-state index contributed by atoms with van der Waals surface area (Å²) in [6, 6.07) is 14.4. The van der Waals surface area contributed by atoms with E-state index in [0.29, 0.717) is 0 Å². The largest absolute Gasteiger partial charge is 0.390 e. The number of aliphatic hydroxyl groups is 1. The summed E-state index contributed by atoms with van der Waals surface area (Å²) in [7, 11) is 0. The van der Waals surface area contributed by atoms with Crippen molar-refractivity contribution in [2.45, 2.75) is 19.6 Å². The van der Waals surface area contributed by atoms with Gasteiger partial charge in [-0.1, -0.05) is 36.4 Å². The number of allylic oxidation sites excluding steroid dienone is 1. The van der Waals surface area contributed by atoms with Gasteiger partial charge in [-0.25, -0.2) is 0 Å². The van der Waals surface area contributed by atoms with Gasteiger partial charge in [-0.05, 0) is 17.7 Å². The van der Waals surface area contributed by atoms with Crippen molar-refractivity contribution in [3.05, 3.63) is 72.1 Å². The summed E-state index contributed by atoms with van der Waals surface area (Å²) in [5.41, 5.74) is 3.43. The molecule has 0 atom stereocenters. The van der Waals surface area contributed by atoms with Gasteiger partial charge in [0.1, 0.15) is 0 Å². The normalized spacial score (nSPS) is 10.4. The summed E-state index contributed by atoms with van der Waals surface area (Å²) in [6.07, 6.45) is 2.74. The molecule has 0 fully saturated rings. The van der Waals surface area contributed by atoms with E-state index in [4.69, 9.17) is 0 Å². The monoisotopic (exact) mass is 227 g/mol. The van der Waals surface area contributed by atoms with E-state index in [-0.39, 0.29) is 6.61 Å². The second-order valence-electron chi connectivity index (χ2n) is 4.04. The number of nitrogens with zero attached hydrogens (tertiary/aromatic N) is 1. The van der Waals surface area contributed by atoms with E-state index in [1.165, 1.54) is 11.3 Å². The van der Waals surface area contributed by atoms with Gasteiger partial charge in [-0.3, -0.25) is 0 Å². The molecule has 88 valence electrons. The number of benzene rings is 1. The lowest BCUT2D eigenvalue weighted by Crippen LogP contribution is -2.06. The molecule has 1 N–H and O–H groups in total. The van der Waals surface area contributed by atoms with Gasteiger partial charge in [0, 0.05) is 24.4 Å². The maximum atomic E-state index is 9.27. The van der Waals surface area contributed by atoms with Crippen LogP contribution in [-0.2, 0) is 19.6 Å². The Hall–Kier alpha value is -1.80. The Kier molecular flexibility index (Phi) is 3.78. The quantitative estimate of drug-likeness (QED) is 0.781. The first-order valence-electron chi connectivity index (χ1n) is 5.78. The Bertz CT molecular complexity index is 485. The van der Waals surface area contributed by atoms with Crippen molar-refractivity contribution in [2.75, 3.05) is 0 Å². The minimum Gasteiger partial charge on any atom is -0.390 e. The Morgan fingerprint density at radius 2 is 1.76 bits per heavy atom. The topological polar surface area (TPSA) is 25.2 Å².